The second-order valence-corrected chi connectivity index (χ2v) is 7.04. The van der Waals surface area contributed by atoms with E-state index in [9.17, 15) is 19.7 Å². The molecular formula is C18H16BrN3O4. The lowest BCUT2D eigenvalue weighted by Crippen LogP contribution is -2.28. The molecule has 0 aliphatic carbocycles. The summed E-state index contributed by atoms with van der Waals surface area (Å²) < 4.78 is 0.913. The van der Waals surface area contributed by atoms with Crippen molar-refractivity contribution in [2.45, 2.75) is 13.3 Å². The number of rotatable bonds is 4. The lowest BCUT2D eigenvalue weighted by molar-refractivity contribution is -0.384. The van der Waals surface area contributed by atoms with Crippen molar-refractivity contribution in [1.29, 1.82) is 0 Å². The van der Waals surface area contributed by atoms with Crippen LogP contribution >= 0.6 is 15.9 Å². The minimum atomic E-state index is -0.482. The summed E-state index contributed by atoms with van der Waals surface area (Å²) in [6.07, 6.45) is 0.133. The number of benzene rings is 2. The molecule has 1 aliphatic heterocycles. The minimum Gasteiger partial charge on any atom is -0.326 e. The maximum Gasteiger partial charge on any atom is 0.269 e. The summed E-state index contributed by atoms with van der Waals surface area (Å²) in [7, 11) is 0. The van der Waals surface area contributed by atoms with Crippen molar-refractivity contribution in [2.75, 3.05) is 16.8 Å². The first-order valence-electron chi connectivity index (χ1n) is 7.97. The molecule has 2 aromatic carbocycles. The molecule has 2 aromatic rings. The number of hydrogen-bond donors (Lipinski definition) is 1. The molecule has 1 aliphatic rings. The van der Waals surface area contributed by atoms with E-state index < -0.39 is 10.8 Å². The van der Waals surface area contributed by atoms with Crippen molar-refractivity contribution in [3.05, 3.63) is 62.6 Å². The first-order valence-corrected chi connectivity index (χ1v) is 8.76. The van der Waals surface area contributed by atoms with Crippen molar-refractivity contribution in [2.24, 2.45) is 5.92 Å². The number of halogens is 1. The van der Waals surface area contributed by atoms with Crippen LogP contribution in [0.1, 0.15) is 12.0 Å². The van der Waals surface area contributed by atoms with Crippen molar-refractivity contribution in [3.63, 3.8) is 0 Å². The van der Waals surface area contributed by atoms with Gasteiger partial charge in [0.1, 0.15) is 0 Å². The van der Waals surface area contributed by atoms with E-state index in [0.29, 0.717) is 17.8 Å². The SMILES string of the molecule is Cc1cc([N+](=O)[O-])ccc1NC(=O)[C@H]1CC(=O)N(c2ccc(Br)cc2)C1. The summed E-state index contributed by atoms with van der Waals surface area (Å²) >= 11 is 3.35. The monoisotopic (exact) mass is 417 g/mol. The van der Waals surface area contributed by atoms with Gasteiger partial charge >= 0.3 is 0 Å². The Kier molecular flexibility index (Phi) is 5.03. The van der Waals surface area contributed by atoms with Crippen molar-refractivity contribution in [3.8, 4) is 0 Å². The molecule has 0 aromatic heterocycles. The number of carbonyl (C=O) groups excluding carboxylic acids is 2. The van der Waals surface area contributed by atoms with Crippen LogP contribution in [-0.4, -0.2) is 23.3 Å². The van der Waals surface area contributed by atoms with Crippen LogP contribution in [0.5, 0.6) is 0 Å². The maximum absolute atomic E-state index is 12.5. The quantitative estimate of drug-likeness (QED) is 0.606. The van der Waals surface area contributed by atoms with E-state index in [1.165, 1.54) is 18.2 Å². The second-order valence-electron chi connectivity index (χ2n) is 6.13. The molecule has 0 radical (unpaired) electrons. The average Bonchev–Trinajstić information content (AvgIpc) is 2.99. The van der Waals surface area contributed by atoms with Gasteiger partial charge in [-0.1, -0.05) is 15.9 Å². The zero-order chi connectivity index (χ0) is 18.8. The first kappa shape index (κ1) is 18.1. The molecule has 0 unspecified atom stereocenters. The third kappa shape index (κ3) is 3.75. The third-order valence-electron chi connectivity index (χ3n) is 4.31. The Morgan fingerprint density at radius 1 is 1.27 bits per heavy atom. The average molecular weight is 418 g/mol. The van der Waals surface area contributed by atoms with Gasteiger partial charge < -0.3 is 10.2 Å². The molecule has 1 fully saturated rings. The van der Waals surface area contributed by atoms with Crippen molar-refractivity contribution >= 4 is 44.8 Å². The molecule has 1 N–H and O–H groups in total. The fourth-order valence-corrected chi connectivity index (χ4v) is 3.15. The molecule has 0 bridgehead atoms. The highest BCUT2D eigenvalue weighted by Gasteiger charge is 2.35. The minimum absolute atomic E-state index is 0.0297. The van der Waals surface area contributed by atoms with Gasteiger partial charge in [0, 0.05) is 40.9 Å². The van der Waals surface area contributed by atoms with Gasteiger partial charge in [-0.2, -0.15) is 0 Å². The molecule has 1 atom stereocenters. The second kappa shape index (κ2) is 7.25. The fraction of sp³-hybridized carbons (Fsp3) is 0.222. The number of nitro benzene ring substituents is 1. The number of nitrogens with zero attached hydrogens (tertiary/aromatic N) is 2. The van der Waals surface area contributed by atoms with Crippen LogP contribution in [0.3, 0.4) is 0 Å². The van der Waals surface area contributed by atoms with Crippen molar-refractivity contribution < 1.29 is 14.5 Å². The van der Waals surface area contributed by atoms with E-state index in [0.717, 1.165) is 10.2 Å². The Morgan fingerprint density at radius 3 is 2.58 bits per heavy atom. The molecule has 1 heterocycles. The van der Waals surface area contributed by atoms with Gasteiger partial charge in [0.25, 0.3) is 5.69 Å². The largest absolute Gasteiger partial charge is 0.326 e. The maximum atomic E-state index is 12.5. The van der Waals surface area contributed by atoms with Crippen LogP contribution in [0.25, 0.3) is 0 Å². The molecule has 26 heavy (non-hydrogen) atoms. The molecule has 134 valence electrons. The molecule has 8 heteroatoms. The van der Waals surface area contributed by atoms with E-state index in [1.807, 2.05) is 24.3 Å². The van der Waals surface area contributed by atoms with E-state index in [2.05, 4.69) is 21.2 Å². The van der Waals surface area contributed by atoms with Gasteiger partial charge in [-0.25, -0.2) is 0 Å². The van der Waals surface area contributed by atoms with Gasteiger partial charge in [-0.15, -0.1) is 0 Å². The lowest BCUT2D eigenvalue weighted by Gasteiger charge is -2.17. The molecule has 3 rings (SSSR count). The molecule has 7 nitrogen and oxygen atoms in total. The standard InChI is InChI=1S/C18H16BrN3O4/c1-11-8-15(22(25)26)6-7-16(11)20-18(24)12-9-17(23)21(10-12)14-4-2-13(19)3-5-14/h2-8,12H,9-10H2,1H3,(H,20,24)/t12-/m0/s1. The van der Waals surface area contributed by atoms with Crippen LogP contribution < -0.4 is 10.2 Å². The van der Waals surface area contributed by atoms with E-state index in [4.69, 9.17) is 0 Å². The Morgan fingerprint density at radius 2 is 1.96 bits per heavy atom. The Hall–Kier alpha value is -2.74. The summed E-state index contributed by atoms with van der Waals surface area (Å²) in [5, 5.41) is 13.6. The summed E-state index contributed by atoms with van der Waals surface area (Å²) in [6.45, 7) is 1.99. The number of hydrogen-bond acceptors (Lipinski definition) is 4. The fourth-order valence-electron chi connectivity index (χ4n) is 2.89. The number of anilines is 2. The zero-order valence-electron chi connectivity index (χ0n) is 13.9. The van der Waals surface area contributed by atoms with Gasteiger partial charge in [-0.05, 0) is 42.8 Å². The highest BCUT2D eigenvalue weighted by Crippen LogP contribution is 2.28. The van der Waals surface area contributed by atoms with E-state index in [-0.39, 0.29) is 23.9 Å². The predicted octanol–water partition coefficient (Wildman–Crippen LogP) is 3.66. The van der Waals surface area contributed by atoms with Crippen molar-refractivity contribution in [1.82, 2.24) is 0 Å². The van der Waals surface area contributed by atoms with Crippen LogP contribution in [0.2, 0.25) is 0 Å². The number of aryl methyl sites for hydroxylation is 1. The van der Waals surface area contributed by atoms with Crippen LogP contribution in [0.15, 0.2) is 46.9 Å². The number of nitro groups is 1. The zero-order valence-corrected chi connectivity index (χ0v) is 15.5. The first-order chi connectivity index (χ1) is 12.3. The summed E-state index contributed by atoms with van der Waals surface area (Å²) in [5.41, 5.74) is 1.83. The molecule has 0 spiro atoms. The van der Waals surface area contributed by atoms with Gasteiger partial charge in [0.15, 0.2) is 0 Å². The Labute approximate surface area is 158 Å². The summed E-state index contributed by atoms with van der Waals surface area (Å²) in [5.74, 6) is -0.844. The summed E-state index contributed by atoms with van der Waals surface area (Å²) in [6, 6.07) is 11.6. The highest BCUT2D eigenvalue weighted by molar-refractivity contribution is 9.10. The predicted molar refractivity (Wildman–Crippen MR) is 101 cm³/mol. The van der Waals surface area contributed by atoms with Crippen LogP contribution in [0.4, 0.5) is 17.1 Å². The Balaban J connectivity index is 1.70. The number of nitrogens with one attached hydrogen (secondary N) is 1. The van der Waals surface area contributed by atoms with E-state index >= 15 is 0 Å². The summed E-state index contributed by atoms with van der Waals surface area (Å²) in [4.78, 5) is 36.7. The normalized spacial score (nSPS) is 16.6. The lowest BCUT2D eigenvalue weighted by atomic mass is 10.1. The molecule has 0 saturated carbocycles. The molecule has 1 saturated heterocycles. The highest BCUT2D eigenvalue weighted by atomic mass is 79.9. The molecular weight excluding hydrogens is 402 g/mol. The van der Waals surface area contributed by atoms with Gasteiger partial charge in [0.2, 0.25) is 11.8 Å². The topological polar surface area (TPSA) is 92.5 Å². The van der Waals surface area contributed by atoms with Gasteiger partial charge in [-0.3, -0.25) is 19.7 Å². The number of non-ortho nitro benzene ring substituents is 1. The van der Waals surface area contributed by atoms with Crippen LogP contribution in [0, 0.1) is 23.0 Å². The Bertz CT molecular complexity index is 883. The third-order valence-corrected chi connectivity index (χ3v) is 4.84. The number of amides is 2. The van der Waals surface area contributed by atoms with Crippen LogP contribution in [-0.2, 0) is 9.59 Å². The van der Waals surface area contributed by atoms with E-state index in [1.54, 1.807) is 11.8 Å². The molecule has 2 amide bonds. The smallest absolute Gasteiger partial charge is 0.269 e. The number of carbonyl (C=O) groups is 2. The van der Waals surface area contributed by atoms with Gasteiger partial charge in [0.05, 0.1) is 10.8 Å².